The summed E-state index contributed by atoms with van der Waals surface area (Å²) >= 11 is 12.6. The van der Waals surface area contributed by atoms with Crippen LogP contribution < -0.4 is 5.32 Å². The van der Waals surface area contributed by atoms with Crippen molar-refractivity contribution >= 4 is 49.1 Å². The molecule has 0 aliphatic carbocycles. The van der Waals surface area contributed by atoms with E-state index in [1.165, 1.54) is 0 Å². The molecule has 0 heterocycles. The first-order chi connectivity index (χ1) is 8.97. The Balaban J connectivity index is 2.17. The highest BCUT2D eigenvalue weighted by Crippen LogP contribution is 2.33. The summed E-state index contributed by atoms with van der Waals surface area (Å²) in [6.07, 6.45) is 0. The van der Waals surface area contributed by atoms with Crippen LogP contribution in [0.1, 0.15) is 11.1 Å². The summed E-state index contributed by atoms with van der Waals surface area (Å²) in [4.78, 5) is 0. The quantitative estimate of drug-likeness (QED) is 0.708. The second-order valence-corrected chi connectivity index (χ2v) is 6.37. The molecule has 0 saturated carbocycles. The van der Waals surface area contributed by atoms with Crippen molar-refractivity contribution in [1.29, 1.82) is 0 Å². The van der Waals surface area contributed by atoms with Crippen LogP contribution in [0.15, 0.2) is 39.3 Å². The van der Waals surface area contributed by atoms with Crippen LogP contribution in [0.2, 0.25) is 5.02 Å². The second kappa shape index (κ2) is 6.16. The van der Waals surface area contributed by atoms with Crippen LogP contribution in [0.5, 0.6) is 5.75 Å². The fourth-order valence-electron chi connectivity index (χ4n) is 1.70. The lowest BCUT2D eigenvalue weighted by Gasteiger charge is -2.11. The third-order valence-corrected chi connectivity index (χ3v) is 4.20. The van der Waals surface area contributed by atoms with E-state index in [2.05, 4.69) is 37.2 Å². The number of phenols is 1. The molecular weight excluding hydrogens is 393 g/mol. The van der Waals surface area contributed by atoms with Gasteiger partial charge >= 0.3 is 0 Å². The molecule has 0 aliphatic heterocycles. The number of phenolic OH excluding ortho intramolecular Hbond substituents is 1. The van der Waals surface area contributed by atoms with Crippen molar-refractivity contribution in [2.24, 2.45) is 0 Å². The van der Waals surface area contributed by atoms with E-state index in [4.69, 9.17) is 11.6 Å². The lowest BCUT2D eigenvalue weighted by Crippen LogP contribution is -2.01. The Labute approximate surface area is 134 Å². The van der Waals surface area contributed by atoms with E-state index < -0.39 is 0 Å². The van der Waals surface area contributed by atoms with Crippen molar-refractivity contribution in [3.05, 3.63) is 55.4 Å². The van der Waals surface area contributed by atoms with Gasteiger partial charge in [0, 0.05) is 17.3 Å². The predicted molar refractivity (Wildman–Crippen MR) is 87.0 cm³/mol. The Morgan fingerprint density at radius 1 is 1.16 bits per heavy atom. The molecule has 0 aromatic heterocycles. The normalized spacial score (nSPS) is 10.5. The van der Waals surface area contributed by atoms with E-state index in [-0.39, 0.29) is 5.75 Å². The van der Waals surface area contributed by atoms with E-state index in [1.54, 1.807) is 0 Å². The van der Waals surface area contributed by atoms with E-state index >= 15 is 0 Å². The molecule has 0 atom stereocenters. The highest BCUT2D eigenvalue weighted by atomic mass is 79.9. The van der Waals surface area contributed by atoms with Gasteiger partial charge < -0.3 is 10.4 Å². The van der Waals surface area contributed by atoms with Crippen LogP contribution >= 0.6 is 43.5 Å². The Kier molecular flexibility index (Phi) is 4.76. The molecule has 0 saturated heterocycles. The molecule has 100 valence electrons. The van der Waals surface area contributed by atoms with Gasteiger partial charge in [-0.1, -0.05) is 17.7 Å². The first kappa shape index (κ1) is 14.7. The number of anilines is 1. The number of rotatable bonds is 3. The lowest BCUT2D eigenvalue weighted by atomic mass is 10.1. The maximum absolute atomic E-state index is 9.66. The molecule has 0 spiro atoms. The van der Waals surface area contributed by atoms with Gasteiger partial charge in [0.25, 0.3) is 0 Å². The van der Waals surface area contributed by atoms with Gasteiger partial charge in [-0.05, 0) is 74.2 Å². The molecular formula is C14H12Br2ClNO. The van der Waals surface area contributed by atoms with Crippen LogP contribution in [0.25, 0.3) is 0 Å². The smallest absolute Gasteiger partial charge is 0.143 e. The third kappa shape index (κ3) is 3.65. The monoisotopic (exact) mass is 403 g/mol. The van der Waals surface area contributed by atoms with Gasteiger partial charge in [-0.25, -0.2) is 0 Å². The highest BCUT2D eigenvalue weighted by Gasteiger charge is 2.06. The van der Waals surface area contributed by atoms with Gasteiger partial charge in [0.1, 0.15) is 5.75 Å². The standard InChI is InChI=1S/C14H12Br2ClNO/c1-8-2-3-10(17)6-13(8)18-7-9-4-11(15)14(19)12(16)5-9/h2-6,18-19H,7H2,1H3. The summed E-state index contributed by atoms with van der Waals surface area (Å²) in [6, 6.07) is 9.52. The average molecular weight is 406 g/mol. The molecule has 0 aliphatic rings. The fraction of sp³-hybridized carbons (Fsp3) is 0.143. The maximum atomic E-state index is 9.66. The minimum absolute atomic E-state index is 0.211. The summed E-state index contributed by atoms with van der Waals surface area (Å²) in [6.45, 7) is 2.68. The van der Waals surface area contributed by atoms with Crippen molar-refractivity contribution in [2.75, 3.05) is 5.32 Å². The summed E-state index contributed by atoms with van der Waals surface area (Å²) in [5.41, 5.74) is 3.20. The van der Waals surface area contributed by atoms with Crippen LogP contribution in [0.3, 0.4) is 0 Å². The molecule has 0 bridgehead atoms. The largest absolute Gasteiger partial charge is 0.506 e. The molecule has 2 aromatic rings. The zero-order chi connectivity index (χ0) is 14.0. The first-order valence-corrected chi connectivity index (χ1v) is 7.60. The van der Waals surface area contributed by atoms with Crippen LogP contribution in [-0.4, -0.2) is 5.11 Å². The average Bonchev–Trinajstić information content (AvgIpc) is 2.37. The van der Waals surface area contributed by atoms with Crippen LogP contribution in [0.4, 0.5) is 5.69 Å². The summed E-state index contributed by atoms with van der Waals surface area (Å²) < 4.78 is 1.34. The van der Waals surface area contributed by atoms with Gasteiger partial charge in [-0.15, -0.1) is 0 Å². The van der Waals surface area contributed by atoms with Crippen molar-refractivity contribution < 1.29 is 5.11 Å². The second-order valence-electron chi connectivity index (χ2n) is 4.22. The van der Waals surface area contributed by atoms with Crippen molar-refractivity contribution in [3.63, 3.8) is 0 Å². The van der Waals surface area contributed by atoms with Crippen LogP contribution in [0, 0.1) is 6.92 Å². The fourth-order valence-corrected chi connectivity index (χ4v) is 3.16. The lowest BCUT2D eigenvalue weighted by molar-refractivity contribution is 0.468. The Morgan fingerprint density at radius 3 is 2.42 bits per heavy atom. The van der Waals surface area contributed by atoms with E-state index in [9.17, 15) is 5.11 Å². The number of halogens is 3. The SMILES string of the molecule is Cc1ccc(Cl)cc1NCc1cc(Br)c(O)c(Br)c1. The Bertz CT molecular complexity index is 593. The topological polar surface area (TPSA) is 32.3 Å². The summed E-state index contributed by atoms with van der Waals surface area (Å²) in [7, 11) is 0. The molecule has 2 N–H and O–H groups in total. The van der Waals surface area contributed by atoms with Gasteiger partial charge in [0.05, 0.1) is 8.95 Å². The minimum atomic E-state index is 0.211. The van der Waals surface area contributed by atoms with E-state index in [0.29, 0.717) is 20.5 Å². The molecule has 0 unspecified atom stereocenters. The zero-order valence-corrected chi connectivity index (χ0v) is 14.1. The van der Waals surface area contributed by atoms with Crippen molar-refractivity contribution in [2.45, 2.75) is 13.5 Å². The van der Waals surface area contributed by atoms with Crippen molar-refractivity contribution in [1.82, 2.24) is 0 Å². The van der Waals surface area contributed by atoms with Gasteiger partial charge in [0.15, 0.2) is 0 Å². The number of aryl methyl sites for hydroxylation is 1. The van der Waals surface area contributed by atoms with E-state index in [0.717, 1.165) is 16.8 Å². The molecule has 2 rings (SSSR count). The minimum Gasteiger partial charge on any atom is -0.506 e. The third-order valence-electron chi connectivity index (χ3n) is 2.76. The molecule has 2 aromatic carbocycles. The van der Waals surface area contributed by atoms with Crippen LogP contribution in [-0.2, 0) is 6.54 Å². The van der Waals surface area contributed by atoms with Gasteiger partial charge in [-0.3, -0.25) is 0 Å². The predicted octanol–water partition coefficient (Wildman–Crippen LogP) is 5.49. The molecule has 2 nitrogen and oxygen atoms in total. The first-order valence-electron chi connectivity index (χ1n) is 5.64. The number of nitrogens with one attached hydrogen (secondary N) is 1. The molecule has 0 fully saturated rings. The molecule has 19 heavy (non-hydrogen) atoms. The molecule has 0 amide bonds. The van der Waals surface area contributed by atoms with Crippen molar-refractivity contribution in [3.8, 4) is 5.75 Å². The van der Waals surface area contributed by atoms with Gasteiger partial charge in [-0.2, -0.15) is 0 Å². The maximum Gasteiger partial charge on any atom is 0.143 e. The summed E-state index contributed by atoms with van der Waals surface area (Å²) in [5.74, 6) is 0.211. The number of benzene rings is 2. The molecule has 5 heteroatoms. The number of hydrogen-bond donors (Lipinski definition) is 2. The Hall–Kier alpha value is -0.710. The summed E-state index contributed by atoms with van der Waals surface area (Å²) in [5, 5.41) is 13.7. The van der Waals surface area contributed by atoms with Gasteiger partial charge in [0.2, 0.25) is 0 Å². The zero-order valence-electron chi connectivity index (χ0n) is 10.2. The number of aromatic hydroxyl groups is 1. The van der Waals surface area contributed by atoms with E-state index in [1.807, 2.05) is 37.3 Å². The number of hydrogen-bond acceptors (Lipinski definition) is 2. The molecule has 0 radical (unpaired) electrons. The highest BCUT2D eigenvalue weighted by molar-refractivity contribution is 9.11. The Morgan fingerprint density at radius 2 is 1.79 bits per heavy atom.